The van der Waals surface area contributed by atoms with Crippen molar-refractivity contribution >= 4 is 27.7 Å². The van der Waals surface area contributed by atoms with E-state index < -0.39 is 62.6 Å². The van der Waals surface area contributed by atoms with Gasteiger partial charge in [0.2, 0.25) is 0 Å². The quantitative estimate of drug-likeness (QED) is 0.506. The van der Waals surface area contributed by atoms with Crippen molar-refractivity contribution < 1.29 is 31.8 Å². The van der Waals surface area contributed by atoms with Gasteiger partial charge in [0.05, 0.1) is 35.2 Å². The number of nitrogens with zero attached hydrogens (tertiary/aromatic N) is 1. The number of carbonyl (C=O) groups excluding carboxylic acids is 3. The van der Waals surface area contributed by atoms with Gasteiger partial charge in [-0.3, -0.25) is 14.4 Å². The Balaban J connectivity index is 1.39. The maximum absolute atomic E-state index is 12.8. The Bertz CT molecular complexity index is 877. The predicted octanol–water partition coefficient (Wildman–Crippen LogP) is 0.582. The molecule has 146 valence electrons. The second kappa shape index (κ2) is 5.07. The van der Waals surface area contributed by atoms with Gasteiger partial charge in [-0.15, -0.1) is 9.35 Å². The number of hydrogen-bond acceptors (Lipinski definition) is 7. The molecule has 5 aliphatic rings. The lowest BCUT2D eigenvalue weighted by atomic mass is 9.70. The number of rotatable bonds is 4. The fraction of sp³-hybridized carbons (Fsp3) is 0.722. The number of fused-ring (bicyclic) bond motifs is 7. The van der Waals surface area contributed by atoms with Crippen LogP contribution in [0.4, 0.5) is 0 Å². The van der Waals surface area contributed by atoms with E-state index in [1.807, 2.05) is 13.8 Å². The Morgan fingerprint density at radius 3 is 2.22 bits per heavy atom. The minimum Gasteiger partial charge on any atom is -0.365 e. The molecule has 6 unspecified atom stereocenters. The maximum Gasteiger partial charge on any atom is 0.289 e. The Morgan fingerprint density at radius 1 is 1.15 bits per heavy atom. The Labute approximate surface area is 156 Å². The lowest BCUT2D eigenvalue weighted by molar-refractivity contribution is -0.168. The second-order valence-electron chi connectivity index (χ2n) is 8.92. The third kappa shape index (κ3) is 2.05. The monoisotopic (exact) mass is 395 g/mol. The van der Waals surface area contributed by atoms with Crippen LogP contribution in [0.2, 0.25) is 0 Å². The van der Waals surface area contributed by atoms with Gasteiger partial charge in [0.15, 0.2) is 0 Å². The number of ether oxygens (including phenoxy) is 1. The van der Waals surface area contributed by atoms with Crippen LogP contribution < -0.4 is 0 Å². The number of carbonyl (C=O) groups is 3. The van der Waals surface area contributed by atoms with Crippen molar-refractivity contribution in [2.24, 2.45) is 28.6 Å². The lowest BCUT2D eigenvalue weighted by Crippen LogP contribution is -2.45. The highest BCUT2D eigenvalue weighted by atomic mass is 32.2. The molecule has 2 saturated carbocycles. The van der Waals surface area contributed by atoms with E-state index in [1.165, 1.54) is 0 Å². The van der Waals surface area contributed by atoms with Crippen LogP contribution in [0.25, 0.3) is 0 Å². The highest BCUT2D eigenvalue weighted by Gasteiger charge is 2.66. The van der Waals surface area contributed by atoms with Gasteiger partial charge in [-0.05, 0) is 24.2 Å². The zero-order valence-electron chi connectivity index (χ0n) is 15.1. The Hall–Kier alpha value is -1.58. The molecule has 27 heavy (non-hydrogen) atoms. The first kappa shape index (κ1) is 17.5. The molecule has 2 amide bonds. The summed E-state index contributed by atoms with van der Waals surface area (Å²) in [6, 6.07) is 0. The summed E-state index contributed by atoms with van der Waals surface area (Å²) < 4.78 is 36.1. The molecule has 9 heteroatoms. The fourth-order valence-corrected chi connectivity index (χ4v) is 7.61. The smallest absolute Gasteiger partial charge is 0.289 e. The summed E-state index contributed by atoms with van der Waals surface area (Å²) >= 11 is 0. The summed E-state index contributed by atoms with van der Waals surface area (Å²) in [5.74, 6) is -3.26. The molecule has 0 radical (unpaired) electrons. The normalized spacial score (nSPS) is 44.0. The van der Waals surface area contributed by atoms with E-state index >= 15 is 0 Å². The number of hydrogen-bond donors (Lipinski definition) is 0. The summed E-state index contributed by atoms with van der Waals surface area (Å²) in [4.78, 5) is 37.8. The van der Waals surface area contributed by atoms with E-state index in [0.29, 0.717) is 17.9 Å². The van der Waals surface area contributed by atoms with Gasteiger partial charge >= 0.3 is 0 Å². The molecule has 4 fully saturated rings. The van der Waals surface area contributed by atoms with Crippen molar-refractivity contribution in [3.8, 4) is 0 Å². The summed E-state index contributed by atoms with van der Waals surface area (Å²) in [5.41, 5.74) is -1.46. The van der Waals surface area contributed by atoms with Crippen LogP contribution in [0.15, 0.2) is 12.2 Å². The van der Waals surface area contributed by atoms with Crippen LogP contribution in [-0.2, 0) is 33.5 Å². The number of hydroxylamine groups is 2. The first-order valence-corrected chi connectivity index (χ1v) is 10.8. The van der Waals surface area contributed by atoms with E-state index in [2.05, 4.69) is 0 Å². The summed E-state index contributed by atoms with van der Waals surface area (Å²) in [6.07, 6.45) is 4.06. The van der Waals surface area contributed by atoms with Crippen molar-refractivity contribution in [3.63, 3.8) is 0 Å². The maximum atomic E-state index is 12.8. The van der Waals surface area contributed by atoms with Crippen molar-refractivity contribution in [1.29, 1.82) is 0 Å². The van der Waals surface area contributed by atoms with Crippen LogP contribution in [-0.4, -0.2) is 49.0 Å². The third-order valence-electron chi connectivity index (χ3n) is 7.62. The van der Waals surface area contributed by atoms with Gasteiger partial charge in [0.1, 0.15) is 5.78 Å². The molecule has 2 aliphatic carbocycles. The number of imide groups is 1. The second-order valence-corrected chi connectivity index (χ2v) is 10.5. The summed E-state index contributed by atoms with van der Waals surface area (Å²) in [7, 11) is -4.31. The number of amides is 2. The molecule has 0 aromatic heterocycles. The van der Waals surface area contributed by atoms with Crippen LogP contribution in [0, 0.1) is 28.6 Å². The predicted molar refractivity (Wildman–Crippen MR) is 90.1 cm³/mol. The highest BCUT2D eigenvalue weighted by molar-refractivity contribution is 7.86. The molecule has 3 heterocycles. The average Bonchev–Trinajstić information content (AvgIpc) is 3.33. The highest BCUT2D eigenvalue weighted by Crippen LogP contribution is 2.64. The average molecular weight is 395 g/mol. The molecule has 2 saturated heterocycles. The van der Waals surface area contributed by atoms with Crippen molar-refractivity contribution in [2.45, 2.75) is 45.3 Å². The van der Waals surface area contributed by atoms with Crippen LogP contribution >= 0.6 is 0 Å². The molecular weight excluding hydrogens is 374 g/mol. The third-order valence-corrected chi connectivity index (χ3v) is 8.84. The molecule has 0 spiro atoms. The molecule has 8 nitrogen and oxygen atoms in total. The first-order valence-electron chi connectivity index (χ1n) is 9.25. The summed E-state index contributed by atoms with van der Waals surface area (Å²) in [5, 5.41) is 0.385. The molecule has 6 atom stereocenters. The number of Topliss-reactive ketones (excluding diaryl/α,β-unsaturated/α-hetero) is 1. The standard InChI is InChI=1S/C18H21NO7S/c1-17(2)9-5-6-18(17,12(20)7-9)8-27(23,24)26-19-15(21)13-10-3-4-11(25-10)14(13)16(19)22/h3-4,9-11,13-14H,5-8H2,1-2H3. The van der Waals surface area contributed by atoms with Crippen molar-refractivity contribution in [3.05, 3.63) is 12.2 Å². The van der Waals surface area contributed by atoms with Gasteiger partial charge in [0, 0.05) is 6.42 Å². The first-order chi connectivity index (χ1) is 12.6. The van der Waals surface area contributed by atoms with E-state index in [4.69, 9.17) is 9.02 Å². The number of ketones is 1. The molecular formula is C18H21NO7S. The van der Waals surface area contributed by atoms with Crippen LogP contribution in [0.3, 0.4) is 0 Å². The van der Waals surface area contributed by atoms with E-state index in [-0.39, 0.29) is 11.7 Å². The minimum absolute atomic E-state index is 0.0671. The van der Waals surface area contributed by atoms with Crippen molar-refractivity contribution in [2.75, 3.05) is 5.75 Å². The van der Waals surface area contributed by atoms with Crippen molar-refractivity contribution in [1.82, 2.24) is 5.06 Å². The van der Waals surface area contributed by atoms with Gasteiger partial charge in [0.25, 0.3) is 21.9 Å². The Morgan fingerprint density at radius 2 is 1.74 bits per heavy atom. The van der Waals surface area contributed by atoms with E-state index in [1.54, 1.807) is 12.2 Å². The fourth-order valence-electron chi connectivity index (χ4n) is 5.90. The summed E-state index contributed by atoms with van der Waals surface area (Å²) in [6.45, 7) is 3.84. The SMILES string of the molecule is CC1(C)C2CCC1(CS(=O)(=O)ON1C(=O)C3C4C=CC(O4)C3C1=O)C(=O)C2. The topological polar surface area (TPSA) is 107 Å². The van der Waals surface area contributed by atoms with Crippen LogP contribution in [0.5, 0.6) is 0 Å². The molecule has 0 aromatic carbocycles. The minimum atomic E-state index is -4.31. The van der Waals surface area contributed by atoms with E-state index in [0.717, 1.165) is 6.42 Å². The molecule has 0 aromatic rings. The molecule has 0 N–H and O–H groups in total. The van der Waals surface area contributed by atoms with Gasteiger partial charge < -0.3 is 4.74 Å². The van der Waals surface area contributed by atoms with Gasteiger partial charge in [-0.2, -0.15) is 8.42 Å². The van der Waals surface area contributed by atoms with Gasteiger partial charge in [-0.25, -0.2) is 0 Å². The Kier molecular flexibility index (Phi) is 3.29. The molecule has 3 aliphatic heterocycles. The zero-order valence-corrected chi connectivity index (χ0v) is 15.9. The molecule has 5 rings (SSSR count). The van der Waals surface area contributed by atoms with Gasteiger partial charge in [-0.1, -0.05) is 26.0 Å². The lowest BCUT2D eigenvalue weighted by Gasteiger charge is -2.35. The largest absolute Gasteiger partial charge is 0.365 e. The molecule has 4 bridgehead atoms. The van der Waals surface area contributed by atoms with E-state index in [9.17, 15) is 22.8 Å². The van der Waals surface area contributed by atoms with Crippen LogP contribution in [0.1, 0.15) is 33.1 Å². The zero-order chi connectivity index (χ0) is 19.4.